The third kappa shape index (κ3) is 3.54. The standard InChI is InChI=1S/C12H15N3O2/c1-9(7-13)8-14-10(2)11-5-3-4-6-12(11)15(16)17/h3-6,9-10,14H,8H2,1-2H3. The van der Waals surface area contributed by atoms with E-state index in [0.29, 0.717) is 12.1 Å². The first-order valence-corrected chi connectivity index (χ1v) is 5.42. The summed E-state index contributed by atoms with van der Waals surface area (Å²) in [4.78, 5) is 10.5. The Balaban J connectivity index is 2.79. The van der Waals surface area contributed by atoms with Crippen LogP contribution in [0.15, 0.2) is 24.3 Å². The molecule has 0 amide bonds. The first kappa shape index (κ1) is 13.1. The van der Waals surface area contributed by atoms with E-state index in [1.54, 1.807) is 25.1 Å². The summed E-state index contributed by atoms with van der Waals surface area (Å²) in [5, 5.41) is 22.6. The van der Waals surface area contributed by atoms with E-state index >= 15 is 0 Å². The molecule has 1 N–H and O–H groups in total. The first-order chi connectivity index (χ1) is 8.06. The Morgan fingerprint density at radius 1 is 1.47 bits per heavy atom. The number of rotatable bonds is 5. The minimum Gasteiger partial charge on any atom is -0.309 e. The highest BCUT2D eigenvalue weighted by atomic mass is 16.6. The van der Waals surface area contributed by atoms with Crippen LogP contribution >= 0.6 is 0 Å². The van der Waals surface area contributed by atoms with Crippen LogP contribution in [0, 0.1) is 27.4 Å². The third-order valence-electron chi connectivity index (χ3n) is 2.55. The van der Waals surface area contributed by atoms with Gasteiger partial charge in [0.15, 0.2) is 0 Å². The number of hydrogen-bond acceptors (Lipinski definition) is 4. The predicted molar refractivity (Wildman–Crippen MR) is 64.3 cm³/mol. The van der Waals surface area contributed by atoms with Crippen molar-refractivity contribution in [1.82, 2.24) is 5.32 Å². The Morgan fingerprint density at radius 2 is 2.12 bits per heavy atom. The highest BCUT2D eigenvalue weighted by Gasteiger charge is 2.17. The van der Waals surface area contributed by atoms with E-state index in [1.807, 2.05) is 6.92 Å². The Hall–Kier alpha value is -1.93. The fourth-order valence-electron chi connectivity index (χ4n) is 1.53. The summed E-state index contributed by atoms with van der Waals surface area (Å²) in [5.41, 5.74) is 0.750. The molecular weight excluding hydrogens is 218 g/mol. The molecule has 0 spiro atoms. The maximum absolute atomic E-state index is 10.8. The molecule has 0 aliphatic rings. The zero-order chi connectivity index (χ0) is 12.8. The van der Waals surface area contributed by atoms with Crippen LogP contribution in [0.25, 0.3) is 0 Å². The van der Waals surface area contributed by atoms with Crippen molar-refractivity contribution < 1.29 is 4.92 Å². The molecule has 0 aliphatic carbocycles. The maximum Gasteiger partial charge on any atom is 0.274 e. The van der Waals surface area contributed by atoms with Crippen LogP contribution in [-0.4, -0.2) is 11.5 Å². The van der Waals surface area contributed by atoms with Crippen molar-refractivity contribution in [1.29, 1.82) is 5.26 Å². The number of para-hydroxylation sites is 1. The molecule has 0 aromatic heterocycles. The van der Waals surface area contributed by atoms with Crippen LogP contribution in [0.2, 0.25) is 0 Å². The van der Waals surface area contributed by atoms with Gasteiger partial charge in [-0.2, -0.15) is 5.26 Å². The van der Waals surface area contributed by atoms with E-state index in [2.05, 4.69) is 11.4 Å². The largest absolute Gasteiger partial charge is 0.309 e. The van der Waals surface area contributed by atoms with E-state index in [4.69, 9.17) is 5.26 Å². The topological polar surface area (TPSA) is 79.0 Å². The highest BCUT2D eigenvalue weighted by Crippen LogP contribution is 2.24. The van der Waals surface area contributed by atoms with Crippen LogP contribution in [0.3, 0.4) is 0 Å². The van der Waals surface area contributed by atoms with Crippen molar-refractivity contribution in [3.05, 3.63) is 39.9 Å². The van der Waals surface area contributed by atoms with E-state index in [1.165, 1.54) is 6.07 Å². The quantitative estimate of drug-likeness (QED) is 0.625. The lowest BCUT2D eigenvalue weighted by Gasteiger charge is -2.14. The Bertz CT molecular complexity index is 440. The number of nitro groups is 1. The maximum atomic E-state index is 10.8. The summed E-state index contributed by atoms with van der Waals surface area (Å²) in [7, 11) is 0. The molecule has 0 saturated heterocycles. The molecule has 0 aliphatic heterocycles. The third-order valence-corrected chi connectivity index (χ3v) is 2.55. The number of hydrogen-bond donors (Lipinski definition) is 1. The van der Waals surface area contributed by atoms with Gasteiger partial charge in [0.2, 0.25) is 0 Å². The average molecular weight is 233 g/mol. The summed E-state index contributed by atoms with van der Waals surface area (Å²) in [6.45, 7) is 4.18. The molecule has 5 heteroatoms. The van der Waals surface area contributed by atoms with E-state index < -0.39 is 0 Å². The summed E-state index contributed by atoms with van der Waals surface area (Å²) in [6.07, 6.45) is 0. The fourth-order valence-corrected chi connectivity index (χ4v) is 1.53. The highest BCUT2D eigenvalue weighted by molar-refractivity contribution is 5.41. The summed E-state index contributed by atoms with van der Waals surface area (Å²) >= 11 is 0. The van der Waals surface area contributed by atoms with E-state index in [9.17, 15) is 10.1 Å². The van der Waals surface area contributed by atoms with Gasteiger partial charge in [-0.15, -0.1) is 0 Å². The van der Waals surface area contributed by atoms with Gasteiger partial charge in [-0.3, -0.25) is 10.1 Å². The second kappa shape index (κ2) is 5.97. The van der Waals surface area contributed by atoms with Gasteiger partial charge in [-0.25, -0.2) is 0 Å². The van der Waals surface area contributed by atoms with E-state index in [0.717, 1.165) is 0 Å². The average Bonchev–Trinajstić information content (AvgIpc) is 2.35. The minimum atomic E-state index is -0.388. The van der Waals surface area contributed by atoms with Crippen LogP contribution in [0.1, 0.15) is 25.5 Å². The molecule has 2 atom stereocenters. The minimum absolute atomic E-state index is 0.108. The van der Waals surface area contributed by atoms with Crippen molar-refractivity contribution in [3.8, 4) is 6.07 Å². The zero-order valence-corrected chi connectivity index (χ0v) is 9.88. The molecule has 0 fully saturated rings. The Labute approximate surface area is 100 Å². The van der Waals surface area contributed by atoms with Crippen LogP contribution in [-0.2, 0) is 0 Å². The summed E-state index contributed by atoms with van der Waals surface area (Å²) < 4.78 is 0. The number of nitrogens with one attached hydrogen (secondary N) is 1. The molecule has 1 aromatic rings. The lowest BCUT2D eigenvalue weighted by Crippen LogP contribution is -2.24. The van der Waals surface area contributed by atoms with E-state index in [-0.39, 0.29) is 22.6 Å². The molecule has 0 bridgehead atoms. The number of benzene rings is 1. The summed E-state index contributed by atoms with van der Waals surface area (Å²) in [6, 6.07) is 8.60. The second-order valence-electron chi connectivity index (χ2n) is 3.98. The number of nitrogens with zero attached hydrogens (tertiary/aromatic N) is 2. The zero-order valence-electron chi connectivity index (χ0n) is 9.88. The van der Waals surface area contributed by atoms with Gasteiger partial charge in [0, 0.05) is 24.2 Å². The van der Waals surface area contributed by atoms with Crippen LogP contribution < -0.4 is 5.32 Å². The van der Waals surface area contributed by atoms with Gasteiger partial charge in [-0.1, -0.05) is 18.2 Å². The van der Waals surface area contributed by atoms with Gasteiger partial charge in [0.05, 0.1) is 16.9 Å². The number of nitriles is 1. The lowest BCUT2D eigenvalue weighted by molar-refractivity contribution is -0.385. The molecule has 0 saturated carbocycles. The normalized spacial score (nSPS) is 13.7. The second-order valence-corrected chi connectivity index (χ2v) is 3.98. The van der Waals surface area contributed by atoms with Gasteiger partial charge in [-0.05, 0) is 13.8 Å². The van der Waals surface area contributed by atoms with Crippen molar-refractivity contribution in [3.63, 3.8) is 0 Å². The smallest absolute Gasteiger partial charge is 0.274 e. The van der Waals surface area contributed by atoms with Crippen molar-refractivity contribution in [2.75, 3.05) is 6.54 Å². The van der Waals surface area contributed by atoms with Crippen LogP contribution in [0.5, 0.6) is 0 Å². The molecule has 0 radical (unpaired) electrons. The predicted octanol–water partition coefficient (Wildman–Crippen LogP) is 2.41. The SMILES string of the molecule is CC(C#N)CNC(C)c1ccccc1[N+](=O)[O-]. The molecule has 1 aromatic carbocycles. The molecule has 5 nitrogen and oxygen atoms in total. The van der Waals surface area contributed by atoms with Crippen molar-refractivity contribution in [2.24, 2.45) is 5.92 Å². The molecule has 17 heavy (non-hydrogen) atoms. The molecule has 90 valence electrons. The van der Waals surface area contributed by atoms with Gasteiger partial charge >= 0.3 is 0 Å². The Morgan fingerprint density at radius 3 is 2.71 bits per heavy atom. The number of nitro benzene ring substituents is 1. The Kier molecular flexibility index (Phi) is 4.61. The molecule has 2 unspecified atom stereocenters. The monoisotopic (exact) mass is 233 g/mol. The lowest BCUT2D eigenvalue weighted by atomic mass is 10.1. The van der Waals surface area contributed by atoms with Gasteiger partial charge in [0.25, 0.3) is 5.69 Å². The van der Waals surface area contributed by atoms with Crippen molar-refractivity contribution in [2.45, 2.75) is 19.9 Å². The fraction of sp³-hybridized carbons (Fsp3) is 0.417. The molecule has 0 heterocycles. The van der Waals surface area contributed by atoms with Crippen molar-refractivity contribution >= 4 is 5.69 Å². The first-order valence-electron chi connectivity index (χ1n) is 5.42. The van der Waals surface area contributed by atoms with Gasteiger partial charge < -0.3 is 5.32 Å². The molecular formula is C12H15N3O2. The molecule has 1 rings (SSSR count). The van der Waals surface area contributed by atoms with Crippen LogP contribution in [0.4, 0.5) is 5.69 Å². The van der Waals surface area contributed by atoms with Gasteiger partial charge in [0.1, 0.15) is 0 Å². The summed E-state index contributed by atoms with van der Waals surface area (Å²) in [5.74, 6) is -0.111.